The summed E-state index contributed by atoms with van der Waals surface area (Å²) in [7, 11) is 0. The van der Waals surface area contributed by atoms with Gasteiger partial charge in [0.1, 0.15) is 29.1 Å². The minimum atomic E-state index is -0.333. The van der Waals surface area contributed by atoms with Crippen molar-refractivity contribution in [3.63, 3.8) is 0 Å². The minimum Gasteiger partial charge on any atom is -0.508 e. The van der Waals surface area contributed by atoms with Gasteiger partial charge in [0.15, 0.2) is 0 Å². The standard InChI is InChI=1S/C33H32FN9O/c34-24-4-5-30(44)21(8-24)16-42-26-9-27(42)19-41(18-26)31-6-3-20(12-37-31)32-22(11-35)13-38-33-28(32)10-29(40-33)23-14-39-43(17-23)25-2-1-7-36-15-25/h3-6,8,10,12-14,17,25-27,36,44H,1-2,7,9,15-16,18-19H2,(H,38,40)/t25-,26?,27?/m0/s1. The van der Waals surface area contributed by atoms with Crippen LogP contribution in [-0.4, -0.2) is 73.0 Å². The molecule has 3 atom stereocenters. The van der Waals surface area contributed by atoms with Crippen molar-refractivity contribution in [1.29, 1.82) is 5.26 Å². The average molecular weight is 590 g/mol. The van der Waals surface area contributed by atoms with Gasteiger partial charge in [-0.1, -0.05) is 0 Å². The third kappa shape index (κ3) is 4.67. The number of nitriles is 1. The first kappa shape index (κ1) is 26.8. The maximum Gasteiger partial charge on any atom is 0.138 e. The molecule has 4 aliphatic heterocycles. The Hall–Kier alpha value is -4.79. The van der Waals surface area contributed by atoms with E-state index in [9.17, 15) is 14.8 Å². The van der Waals surface area contributed by atoms with Crippen molar-refractivity contribution in [3.05, 3.63) is 78.1 Å². The molecule has 4 fully saturated rings. The summed E-state index contributed by atoms with van der Waals surface area (Å²) in [6, 6.07) is 13.5. The Morgan fingerprint density at radius 1 is 1.02 bits per heavy atom. The Morgan fingerprint density at radius 3 is 2.68 bits per heavy atom. The first-order valence-corrected chi connectivity index (χ1v) is 15.2. The zero-order chi connectivity index (χ0) is 29.8. The van der Waals surface area contributed by atoms with Crippen molar-refractivity contribution in [2.45, 2.75) is 43.9 Å². The zero-order valence-corrected chi connectivity index (χ0v) is 24.1. The van der Waals surface area contributed by atoms with E-state index in [2.05, 4.69) is 48.5 Å². The number of rotatable bonds is 6. The second kappa shape index (κ2) is 10.7. The highest BCUT2D eigenvalue weighted by molar-refractivity contribution is 5.98. The first-order chi connectivity index (χ1) is 21.5. The van der Waals surface area contributed by atoms with Crippen LogP contribution in [0.25, 0.3) is 33.4 Å². The van der Waals surface area contributed by atoms with E-state index >= 15 is 0 Å². The molecule has 1 aromatic carbocycles. The molecule has 4 saturated heterocycles. The summed E-state index contributed by atoms with van der Waals surface area (Å²) in [5.74, 6) is 0.689. The molecule has 4 aliphatic rings. The predicted molar refractivity (Wildman–Crippen MR) is 164 cm³/mol. The number of aromatic amines is 1. The van der Waals surface area contributed by atoms with Crippen LogP contribution in [0.1, 0.15) is 36.4 Å². The molecule has 2 unspecified atom stereocenters. The third-order valence-corrected chi connectivity index (χ3v) is 9.44. The van der Waals surface area contributed by atoms with Gasteiger partial charge in [-0.15, -0.1) is 0 Å². The Morgan fingerprint density at radius 2 is 1.91 bits per heavy atom. The highest BCUT2D eigenvalue weighted by atomic mass is 19.1. The van der Waals surface area contributed by atoms with Gasteiger partial charge in [0.2, 0.25) is 0 Å². The second-order valence-corrected chi connectivity index (χ2v) is 12.1. The number of phenolic OH excluding ortho intramolecular Hbond substituents is 1. The molecule has 5 aromatic rings. The maximum atomic E-state index is 13.8. The fourth-order valence-electron chi connectivity index (χ4n) is 7.09. The lowest BCUT2D eigenvalue weighted by atomic mass is 9.86. The lowest BCUT2D eigenvalue weighted by molar-refractivity contribution is -0.00921. The fourth-order valence-corrected chi connectivity index (χ4v) is 7.09. The van der Waals surface area contributed by atoms with E-state index in [0.717, 1.165) is 79.0 Å². The molecule has 3 N–H and O–H groups in total. The smallest absolute Gasteiger partial charge is 0.138 e. The normalized spacial score (nSPS) is 21.7. The molecule has 2 bridgehead atoms. The fraction of sp³-hybridized carbons (Fsp3) is 0.333. The van der Waals surface area contributed by atoms with Crippen LogP contribution in [-0.2, 0) is 6.54 Å². The lowest BCUT2D eigenvalue weighted by Gasteiger charge is -2.56. The number of piperidine rings is 2. The second-order valence-electron chi connectivity index (χ2n) is 12.1. The molecule has 0 aliphatic carbocycles. The Bertz CT molecular complexity index is 1870. The van der Waals surface area contributed by atoms with Gasteiger partial charge in [-0.25, -0.2) is 14.4 Å². The Kier molecular flexibility index (Phi) is 6.54. The Labute approximate surface area is 253 Å². The van der Waals surface area contributed by atoms with Crippen molar-refractivity contribution < 1.29 is 9.50 Å². The van der Waals surface area contributed by atoms with E-state index in [-0.39, 0.29) is 11.6 Å². The van der Waals surface area contributed by atoms with Crippen LogP contribution < -0.4 is 10.2 Å². The minimum absolute atomic E-state index is 0.133. The molecule has 0 saturated carbocycles. The molecule has 11 heteroatoms. The molecule has 0 spiro atoms. The van der Waals surface area contributed by atoms with Gasteiger partial charge in [-0.05, 0) is 62.2 Å². The number of pyridine rings is 2. The summed E-state index contributed by atoms with van der Waals surface area (Å²) in [4.78, 5) is 17.4. The number of halogens is 1. The number of piperazine rings is 1. The zero-order valence-electron chi connectivity index (χ0n) is 24.1. The summed E-state index contributed by atoms with van der Waals surface area (Å²) < 4.78 is 15.8. The molecule has 9 rings (SSSR count). The molecular formula is C33H32FN9O. The largest absolute Gasteiger partial charge is 0.508 e. The van der Waals surface area contributed by atoms with Gasteiger partial charge in [-0.3, -0.25) is 9.58 Å². The molecule has 222 valence electrons. The first-order valence-electron chi connectivity index (χ1n) is 15.2. The highest BCUT2D eigenvalue weighted by Gasteiger charge is 2.45. The van der Waals surface area contributed by atoms with Crippen molar-refractivity contribution >= 4 is 16.9 Å². The van der Waals surface area contributed by atoms with Gasteiger partial charge in [0.05, 0.1) is 23.5 Å². The van der Waals surface area contributed by atoms with Crippen LogP contribution in [0.4, 0.5) is 10.2 Å². The van der Waals surface area contributed by atoms with Crippen LogP contribution in [0.2, 0.25) is 0 Å². The quantitative estimate of drug-likeness (QED) is 0.263. The molecule has 8 heterocycles. The number of fused-ring (bicyclic) bond motifs is 3. The maximum absolute atomic E-state index is 13.8. The van der Waals surface area contributed by atoms with Crippen LogP contribution >= 0.6 is 0 Å². The van der Waals surface area contributed by atoms with Gasteiger partial charge < -0.3 is 20.3 Å². The molecular weight excluding hydrogens is 557 g/mol. The third-order valence-electron chi connectivity index (χ3n) is 9.44. The van der Waals surface area contributed by atoms with Gasteiger partial charge in [0.25, 0.3) is 0 Å². The van der Waals surface area contributed by atoms with Crippen LogP contribution in [0.5, 0.6) is 5.75 Å². The molecule has 0 amide bonds. The number of H-pyrrole nitrogens is 1. The van der Waals surface area contributed by atoms with Gasteiger partial charge in [-0.2, -0.15) is 10.4 Å². The summed E-state index contributed by atoms with van der Waals surface area (Å²) in [6.45, 7) is 4.14. The van der Waals surface area contributed by atoms with E-state index in [1.54, 1.807) is 6.20 Å². The Balaban J connectivity index is 1.02. The van der Waals surface area contributed by atoms with Gasteiger partial charge in [0, 0.05) is 84.5 Å². The van der Waals surface area contributed by atoms with E-state index in [4.69, 9.17) is 4.98 Å². The molecule has 0 radical (unpaired) electrons. The number of phenols is 1. The number of nitrogens with one attached hydrogen (secondary N) is 2. The number of anilines is 1. The SMILES string of the molecule is N#Cc1cnc2[nH]c(-c3cnn([C@H]4CCCNC4)c3)cc2c1-c1ccc(N2CC3CC(C2)N3Cc2cc(F)ccc2O)nc1. The average Bonchev–Trinajstić information content (AvgIpc) is 3.73. The summed E-state index contributed by atoms with van der Waals surface area (Å²) in [5.41, 5.74) is 5.39. The van der Waals surface area contributed by atoms with Crippen LogP contribution in [0, 0.1) is 17.1 Å². The number of aromatic hydroxyl groups is 1. The van der Waals surface area contributed by atoms with Crippen LogP contribution in [0.3, 0.4) is 0 Å². The molecule has 4 aromatic heterocycles. The summed E-state index contributed by atoms with van der Waals surface area (Å²) >= 11 is 0. The van der Waals surface area contributed by atoms with E-state index in [1.165, 1.54) is 18.2 Å². The van der Waals surface area contributed by atoms with Crippen molar-refractivity contribution in [1.82, 2.24) is 34.9 Å². The monoisotopic (exact) mass is 589 g/mol. The van der Waals surface area contributed by atoms with Crippen molar-refractivity contribution in [2.75, 3.05) is 31.1 Å². The topological polar surface area (TPSA) is 122 Å². The van der Waals surface area contributed by atoms with E-state index < -0.39 is 0 Å². The van der Waals surface area contributed by atoms with Gasteiger partial charge >= 0.3 is 0 Å². The predicted octanol–water partition coefficient (Wildman–Crippen LogP) is 4.59. The molecule has 10 nitrogen and oxygen atoms in total. The number of benzene rings is 1. The highest BCUT2D eigenvalue weighted by Crippen LogP contribution is 2.38. The van der Waals surface area contributed by atoms with E-state index in [1.807, 2.05) is 29.2 Å². The van der Waals surface area contributed by atoms with Crippen molar-refractivity contribution in [2.24, 2.45) is 0 Å². The molecule has 44 heavy (non-hydrogen) atoms. The van der Waals surface area contributed by atoms with E-state index in [0.29, 0.717) is 41.4 Å². The number of aromatic nitrogens is 5. The summed E-state index contributed by atoms with van der Waals surface area (Å²) in [5, 5.41) is 29.1. The number of hydrogen-bond donors (Lipinski definition) is 3. The summed E-state index contributed by atoms with van der Waals surface area (Å²) in [6.07, 6.45) is 10.7. The van der Waals surface area contributed by atoms with Crippen LogP contribution in [0.15, 0.2) is 61.2 Å². The van der Waals surface area contributed by atoms with Crippen molar-refractivity contribution in [3.8, 4) is 34.2 Å². The number of hydrogen-bond acceptors (Lipinski definition) is 8. The number of nitrogens with zero attached hydrogens (tertiary/aromatic N) is 7. The lowest BCUT2D eigenvalue weighted by Crippen LogP contribution is -2.68.